The van der Waals surface area contributed by atoms with Gasteiger partial charge in [0.1, 0.15) is 11.6 Å². The number of carbonyl (C=O) groups is 2. The van der Waals surface area contributed by atoms with E-state index in [1.807, 2.05) is 20.8 Å². The average Bonchev–Trinajstić information content (AvgIpc) is 2.35. The van der Waals surface area contributed by atoms with Crippen LogP contribution in [0.2, 0.25) is 0 Å². The molecule has 0 aromatic carbocycles. The molecular weight excluding hydrogens is 246 g/mol. The van der Waals surface area contributed by atoms with Crippen molar-refractivity contribution in [1.29, 1.82) is 0 Å². The lowest BCUT2D eigenvalue weighted by Gasteiger charge is -2.38. The molecule has 1 aliphatic rings. The van der Waals surface area contributed by atoms with Crippen molar-refractivity contribution in [3.05, 3.63) is 0 Å². The van der Waals surface area contributed by atoms with E-state index in [4.69, 9.17) is 10.6 Å². The van der Waals surface area contributed by atoms with Crippen LogP contribution in [-0.2, 0) is 9.53 Å². The molecule has 1 rings (SSSR count). The highest BCUT2D eigenvalue weighted by Gasteiger charge is 2.37. The third-order valence-corrected chi connectivity index (χ3v) is 3.36. The number of carbonyl (C=O) groups excluding carboxylic acids is 2. The SMILES string of the molecule is CC[C@@H]1CCN(C(=O)OC(C)(C)C)[C@@H](C(=O)NN)C1. The molecule has 110 valence electrons. The van der Waals surface area contributed by atoms with Crippen molar-refractivity contribution >= 4 is 12.0 Å². The van der Waals surface area contributed by atoms with Crippen molar-refractivity contribution in [2.45, 2.75) is 58.6 Å². The van der Waals surface area contributed by atoms with Crippen LogP contribution in [-0.4, -0.2) is 35.1 Å². The van der Waals surface area contributed by atoms with Gasteiger partial charge in [-0.3, -0.25) is 15.1 Å². The Bertz CT molecular complexity index is 339. The standard InChI is InChI=1S/C13H25N3O3/c1-5-9-6-7-16(10(8-9)11(17)15-14)12(18)19-13(2,3)4/h9-10H,5-8,14H2,1-4H3,(H,15,17)/t9-,10-/m1/s1. The number of ether oxygens (including phenoxy) is 1. The maximum Gasteiger partial charge on any atom is 0.410 e. The van der Waals surface area contributed by atoms with Crippen LogP contribution in [0, 0.1) is 5.92 Å². The summed E-state index contributed by atoms with van der Waals surface area (Å²) in [7, 11) is 0. The Morgan fingerprint density at radius 1 is 1.42 bits per heavy atom. The second-order valence-corrected chi connectivity index (χ2v) is 6.00. The fourth-order valence-corrected chi connectivity index (χ4v) is 2.29. The summed E-state index contributed by atoms with van der Waals surface area (Å²) >= 11 is 0. The second-order valence-electron chi connectivity index (χ2n) is 6.00. The maximum absolute atomic E-state index is 12.1. The Balaban J connectivity index is 2.79. The lowest BCUT2D eigenvalue weighted by atomic mass is 9.89. The molecule has 2 amide bonds. The quantitative estimate of drug-likeness (QED) is 0.452. The van der Waals surface area contributed by atoms with Gasteiger partial charge in [0.25, 0.3) is 5.91 Å². The molecule has 1 heterocycles. The number of amides is 2. The number of hydrazine groups is 1. The number of piperidine rings is 1. The molecule has 0 radical (unpaired) electrons. The van der Waals surface area contributed by atoms with Gasteiger partial charge in [-0.1, -0.05) is 13.3 Å². The molecule has 1 aliphatic heterocycles. The minimum absolute atomic E-state index is 0.330. The summed E-state index contributed by atoms with van der Waals surface area (Å²) in [4.78, 5) is 25.4. The van der Waals surface area contributed by atoms with Crippen LogP contribution in [0.5, 0.6) is 0 Å². The van der Waals surface area contributed by atoms with Crippen molar-refractivity contribution in [1.82, 2.24) is 10.3 Å². The Morgan fingerprint density at radius 3 is 2.53 bits per heavy atom. The third-order valence-electron chi connectivity index (χ3n) is 3.36. The molecule has 0 bridgehead atoms. The Morgan fingerprint density at radius 2 is 2.05 bits per heavy atom. The van der Waals surface area contributed by atoms with Gasteiger partial charge in [0.15, 0.2) is 0 Å². The number of likely N-dealkylation sites (tertiary alicyclic amines) is 1. The Hall–Kier alpha value is -1.30. The van der Waals surface area contributed by atoms with Crippen molar-refractivity contribution < 1.29 is 14.3 Å². The van der Waals surface area contributed by atoms with Crippen LogP contribution < -0.4 is 11.3 Å². The van der Waals surface area contributed by atoms with E-state index in [1.54, 1.807) is 0 Å². The number of nitrogens with two attached hydrogens (primary N) is 1. The van der Waals surface area contributed by atoms with Crippen LogP contribution in [0.3, 0.4) is 0 Å². The molecule has 2 atom stereocenters. The summed E-state index contributed by atoms with van der Waals surface area (Å²) in [5.41, 5.74) is 1.57. The smallest absolute Gasteiger partial charge is 0.410 e. The van der Waals surface area contributed by atoms with E-state index in [2.05, 4.69) is 12.3 Å². The molecular formula is C13H25N3O3. The predicted octanol–water partition coefficient (Wildman–Crippen LogP) is 1.40. The van der Waals surface area contributed by atoms with Crippen LogP contribution >= 0.6 is 0 Å². The summed E-state index contributed by atoms with van der Waals surface area (Å²) in [6.07, 6.45) is 2.08. The van der Waals surface area contributed by atoms with Gasteiger partial charge in [0.2, 0.25) is 0 Å². The normalized spacial score (nSPS) is 23.9. The molecule has 1 saturated heterocycles. The van der Waals surface area contributed by atoms with Crippen LogP contribution in [0.1, 0.15) is 47.0 Å². The molecule has 1 fully saturated rings. The first-order valence-corrected chi connectivity index (χ1v) is 6.78. The lowest BCUT2D eigenvalue weighted by Crippen LogP contribution is -2.55. The molecule has 0 unspecified atom stereocenters. The molecule has 19 heavy (non-hydrogen) atoms. The van der Waals surface area contributed by atoms with E-state index < -0.39 is 17.7 Å². The predicted molar refractivity (Wildman–Crippen MR) is 72.1 cm³/mol. The third kappa shape index (κ3) is 4.38. The van der Waals surface area contributed by atoms with Gasteiger partial charge in [0, 0.05) is 6.54 Å². The first kappa shape index (κ1) is 15.8. The summed E-state index contributed by atoms with van der Waals surface area (Å²) in [5, 5.41) is 0. The zero-order chi connectivity index (χ0) is 14.6. The summed E-state index contributed by atoms with van der Waals surface area (Å²) in [6.45, 7) is 8.04. The molecule has 0 saturated carbocycles. The largest absolute Gasteiger partial charge is 0.444 e. The maximum atomic E-state index is 12.1. The number of nitrogens with zero attached hydrogens (tertiary/aromatic N) is 1. The van der Waals surface area contributed by atoms with E-state index in [9.17, 15) is 9.59 Å². The van der Waals surface area contributed by atoms with Crippen molar-refractivity contribution in [3.63, 3.8) is 0 Å². The average molecular weight is 271 g/mol. The fourth-order valence-electron chi connectivity index (χ4n) is 2.29. The number of hydrogen-bond donors (Lipinski definition) is 2. The monoisotopic (exact) mass is 271 g/mol. The molecule has 6 heteroatoms. The van der Waals surface area contributed by atoms with Crippen molar-refractivity contribution in [2.75, 3.05) is 6.54 Å². The molecule has 3 N–H and O–H groups in total. The number of hydrogen-bond acceptors (Lipinski definition) is 4. The minimum Gasteiger partial charge on any atom is -0.444 e. The van der Waals surface area contributed by atoms with E-state index in [1.165, 1.54) is 4.90 Å². The van der Waals surface area contributed by atoms with Crippen molar-refractivity contribution in [3.8, 4) is 0 Å². The fraction of sp³-hybridized carbons (Fsp3) is 0.846. The van der Waals surface area contributed by atoms with Gasteiger partial charge in [-0.15, -0.1) is 0 Å². The van der Waals surface area contributed by atoms with Gasteiger partial charge < -0.3 is 4.74 Å². The van der Waals surface area contributed by atoms with E-state index in [0.717, 1.165) is 12.8 Å². The lowest BCUT2D eigenvalue weighted by molar-refractivity contribution is -0.128. The van der Waals surface area contributed by atoms with Gasteiger partial charge in [-0.25, -0.2) is 10.6 Å². The molecule has 0 aromatic rings. The Labute approximate surface area is 114 Å². The van der Waals surface area contributed by atoms with E-state index in [-0.39, 0.29) is 5.91 Å². The minimum atomic E-state index is -0.567. The summed E-state index contributed by atoms with van der Waals surface area (Å²) in [5.74, 6) is 5.32. The van der Waals surface area contributed by atoms with Crippen LogP contribution in [0.4, 0.5) is 4.79 Å². The highest BCUT2D eigenvalue weighted by Crippen LogP contribution is 2.26. The van der Waals surface area contributed by atoms with Gasteiger partial charge in [-0.05, 0) is 39.5 Å². The van der Waals surface area contributed by atoms with Gasteiger partial charge >= 0.3 is 6.09 Å². The summed E-state index contributed by atoms with van der Waals surface area (Å²) < 4.78 is 5.34. The number of rotatable bonds is 2. The van der Waals surface area contributed by atoms with Crippen molar-refractivity contribution in [2.24, 2.45) is 11.8 Å². The highest BCUT2D eigenvalue weighted by atomic mass is 16.6. The first-order chi connectivity index (χ1) is 8.78. The van der Waals surface area contributed by atoms with Crippen LogP contribution in [0.25, 0.3) is 0 Å². The Kier molecular flexibility index (Phi) is 5.17. The molecule has 0 spiro atoms. The summed E-state index contributed by atoms with van der Waals surface area (Å²) in [6, 6.07) is -0.529. The van der Waals surface area contributed by atoms with E-state index in [0.29, 0.717) is 18.9 Å². The van der Waals surface area contributed by atoms with Gasteiger partial charge in [-0.2, -0.15) is 0 Å². The zero-order valence-electron chi connectivity index (χ0n) is 12.2. The number of nitrogens with one attached hydrogen (secondary N) is 1. The highest BCUT2D eigenvalue weighted by molar-refractivity contribution is 5.85. The van der Waals surface area contributed by atoms with Crippen LogP contribution in [0.15, 0.2) is 0 Å². The van der Waals surface area contributed by atoms with E-state index >= 15 is 0 Å². The first-order valence-electron chi connectivity index (χ1n) is 6.78. The molecule has 0 aliphatic carbocycles. The zero-order valence-corrected chi connectivity index (χ0v) is 12.2. The molecule has 6 nitrogen and oxygen atoms in total. The molecule has 0 aromatic heterocycles. The second kappa shape index (κ2) is 6.23. The topological polar surface area (TPSA) is 84.7 Å². The van der Waals surface area contributed by atoms with Gasteiger partial charge in [0.05, 0.1) is 0 Å².